The summed E-state index contributed by atoms with van der Waals surface area (Å²) in [5, 5.41) is 3.43. The summed E-state index contributed by atoms with van der Waals surface area (Å²) < 4.78 is 0. The second-order valence-electron chi connectivity index (χ2n) is 3.96. The SMILES string of the molecule is CN(c1ccccc1)C1CCCC=CN1. The number of hydrogen-bond donors (Lipinski definition) is 1. The smallest absolute Gasteiger partial charge is 0.0982 e. The van der Waals surface area contributed by atoms with Crippen LogP contribution in [0.25, 0.3) is 0 Å². The van der Waals surface area contributed by atoms with Gasteiger partial charge in [0.1, 0.15) is 0 Å². The second-order valence-corrected chi connectivity index (χ2v) is 3.96. The number of nitrogens with zero attached hydrogens (tertiary/aromatic N) is 1. The van der Waals surface area contributed by atoms with E-state index in [9.17, 15) is 0 Å². The van der Waals surface area contributed by atoms with Crippen molar-refractivity contribution in [1.82, 2.24) is 5.32 Å². The Morgan fingerprint density at radius 2 is 2.07 bits per heavy atom. The summed E-state index contributed by atoms with van der Waals surface area (Å²) >= 11 is 0. The van der Waals surface area contributed by atoms with Gasteiger partial charge in [-0.15, -0.1) is 0 Å². The molecule has 1 aliphatic heterocycles. The summed E-state index contributed by atoms with van der Waals surface area (Å²) in [7, 11) is 2.14. The van der Waals surface area contributed by atoms with E-state index in [1.165, 1.54) is 24.9 Å². The molecule has 0 fully saturated rings. The maximum Gasteiger partial charge on any atom is 0.0982 e. The second kappa shape index (κ2) is 4.87. The lowest BCUT2D eigenvalue weighted by molar-refractivity contribution is 0.529. The highest BCUT2D eigenvalue weighted by atomic mass is 15.2. The first kappa shape index (κ1) is 10.1. The van der Waals surface area contributed by atoms with Crippen LogP contribution in [0, 0.1) is 0 Å². The van der Waals surface area contributed by atoms with Gasteiger partial charge in [-0.3, -0.25) is 0 Å². The van der Waals surface area contributed by atoms with Crippen LogP contribution >= 0.6 is 0 Å². The van der Waals surface area contributed by atoms with Gasteiger partial charge in [-0.25, -0.2) is 0 Å². The normalized spacial score (nSPS) is 20.5. The molecule has 2 heteroatoms. The van der Waals surface area contributed by atoms with Crippen LogP contribution in [0.15, 0.2) is 42.6 Å². The Morgan fingerprint density at radius 3 is 2.87 bits per heavy atom. The third kappa shape index (κ3) is 2.52. The van der Waals surface area contributed by atoms with Crippen LogP contribution in [0.2, 0.25) is 0 Å². The van der Waals surface area contributed by atoms with E-state index in [0.29, 0.717) is 6.17 Å². The largest absolute Gasteiger partial charge is 0.372 e. The van der Waals surface area contributed by atoms with E-state index in [1.54, 1.807) is 0 Å². The van der Waals surface area contributed by atoms with E-state index in [0.717, 1.165) is 0 Å². The number of nitrogens with one attached hydrogen (secondary N) is 1. The number of para-hydroxylation sites is 1. The van der Waals surface area contributed by atoms with Crippen molar-refractivity contribution in [2.45, 2.75) is 25.4 Å². The summed E-state index contributed by atoms with van der Waals surface area (Å²) in [6, 6.07) is 10.5. The highest BCUT2D eigenvalue weighted by Gasteiger charge is 2.13. The molecule has 1 atom stereocenters. The molecule has 0 amide bonds. The quantitative estimate of drug-likeness (QED) is 0.793. The Balaban J connectivity index is 2.06. The molecule has 1 aliphatic rings. The average molecular weight is 202 g/mol. The zero-order valence-electron chi connectivity index (χ0n) is 9.19. The van der Waals surface area contributed by atoms with Gasteiger partial charge in [0.15, 0.2) is 0 Å². The van der Waals surface area contributed by atoms with Gasteiger partial charge in [-0.2, -0.15) is 0 Å². The molecule has 0 aromatic heterocycles. The average Bonchev–Trinajstić information content (AvgIpc) is 2.58. The highest BCUT2D eigenvalue weighted by molar-refractivity contribution is 5.46. The number of hydrogen-bond acceptors (Lipinski definition) is 2. The predicted octanol–water partition coefficient (Wildman–Crippen LogP) is 2.74. The Hall–Kier alpha value is -1.44. The molecule has 0 saturated heterocycles. The first-order valence-electron chi connectivity index (χ1n) is 5.57. The zero-order valence-corrected chi connectivity index (χ0v) is 9.19. The lowest BCUT2D eigenvalue weighted by atomic mass is 10.2. The van der Waals surface area contributed by atoms with Gasteiger partial charge >= 0.3 is 0 Å². The standard InChI is InChI=1S/C13H18N2/c1-15(12-8-4-2-5-9-12)13-10-6-3-7-11-14-13/h2,4-5,7-9,11,13-14H,3,6,10H2,1H3. The monoisotopic (exact) mass is 202 g/mol. The van der Waals surface area contributed by atoms with E-state index in [2.05, 4.69) is 59.9 Å². The number of anilines is 1. The maximum atomic E-state index is 3.43. The molecular formula is C13H18N2. The lowest BCUT2D eigenvalue weighted by Crippen LogP contribution is -2.40. The minimum Gasteiger partial charge on any atom is -0.372 e. The summed E-state index contributed by atoms with van der Waals surface area (Å²) in [5.74, 6) is 0. The zero-order chi connectivity index (χ0) is 10.5. The molecule has 80 valence electrons. The van der Waals surface area contributed by atoms with Gasteiger partial charge in [0.05, 0.1) is 6.17 Å². The number of rotatable bonds is 2. The molecule has 1 unspecified atom stereocenters. The molecule has 0 spiro atoms. The van der Waals surface area contributed by atoms with Crippen molar-refractivity contribution in [1.29, 1.82) is 0 Å². The van der Waals surface area contributed by atoms with Crippen molar-refractivity contribution in [2.75, 3.05) is 11.9 Å². The Bertz CT molecular complexity index is 319. The molecule has 2 rings (SSSR count). The summed E-state index contributed by atoms with van der Waals surface area (Å²) in [4.78, 5) is 2.30. The molecule has 0 aliphatic carbocycles. The molecule has 1 N–H and O–H groups in total. The Morgan fingerprint density at radius 1 is 1.27 bits per heavy atom. The van der Waals surface area contributed by atoms with Crippen molar-refractivity contribution < 1.29 is 0 Å². The molecule has 15 heavy (non-hydrogen) atoms. The van der Waals surface area contributed by atoms with Gasteiger partial charge in [0.2, 0.25) is 0 Å². The Kier molecular flexibility index (Phi) is 3.28. The van der Waals surface area contributed by atoms with E-state index >= 15 is 0 Å². The van der Waals surface area contributed by atoms with Crippen LogP contribution < -0.4 is 10.2 Å². The van der Waals surface area contributed by atoms with E-state index in [1.807, 2.05) is 0 Å². The van der Waals surface area contributed by atoms with Crippen LogP contribution in [0.3, 0.4) is 0 Å². The molecule has 1 heterocycles. The van der Waals surface area contributed by atoms with Gasteiger partial charge in [-0.1, -0.05) is 24.3 Å². The fraction of sp³-hybridized carbons (Fsp3) is 0.385. The van der Waals surface area contributed by atoms with Crippen LogP contribution in [0.1, 0.15) is 19.3 Å². The van der Waals surface area contributed by atoms with Crippen molar-refractivity contribution in [3.8, 4) is 0 Å². The van der Waals surface area contributed by atoms with E-state index < -0.39 is 0 Å². The first-order chi connectivity index (χ1) is 7.38. The molecule has 2 nitrogen and oxygen atoms in total. The first-order valence-corrected chi connectivity index (χ1v) is 5.57. The van der Waals surface area contributed by atoms with Crippen LogP contribution in [-0.4, -0.2) is 13.2 Å². The summed E-state index contributed by atoms with van der Waals surface area (Å²) in [5.41, 5.74) is 1.27. The van der Waals surface area contributed by atoms with Crippen molar-refractivity contribution in [3.05, 3.63) is 42.6 Å². The Labute approximate surface area is 91.6 Å². The molecule has 0 bridgehead atoms. The fourth-order valence-corrected chi connectivity index (χ4v) is 1.92. The molecule has 1 aromatic carbocycles. The third-order valence-corrected chi connectivity index (χ3v) is 2.89. The summed E-state index contributed by atoms with van der Waals surface area (Å²) in [6.45, 7) is 0. The van der Waals surface area contributed by atoms with Crippen molar-refractivity contribution in [2.24, 2.45) is 0 Å². The number of allylic oxidation sites excluding steroid dienone is 1. The molecule has 0 saturated carbocycles. The van der Waals surface area contributed by atoms with E-state index in [-0.39, 0.29) is 0 Å². The van der Waals surface area contributed by atoms with Gasteiger partial charge in [0.25, 0.3) is 0 Å². The minimum absolute atomic E-state index is 0.422. The lowest BCUT2D eigenvalue weighted by Gasteiger charge is -2.29. The molecule has 1 aromatic rings. The van der Waals surface area contributed by atoms with Crippen LogP contribution in [0.4, 0.5) is 5.69 Å². The molecular weight excluding hydrogens is 184 g/mol. The van der Waals surface area contributed by atoms with Gasteiger partial charge < -0.3 is 10.2 Å². The van der Waals surface area contributed by atoms with Gasteiger partial charge in [-0.05, 0) is 37.6 Å². The predicted molar refractivity (Wildman–Crippen MR) is 64.8 cm³/mol. The minimum atomic E-state index is 0.422. The van der Waals surface area contributed by atoms with Crippen molar-refractivity contribution >= 4 is 5.69 Å². The molecule has 0 radical (unpaired) electrons. The summed E-state index contributed by atoms with van der Waals surface area (Å²) in [6.07, 6.45) is 8.34. The maximum absolute atomic E-state index is 3.43. The topological polar surface area (TPSA) is 15.3 Å². The fourth-order valence-electron chi connectivity index (χ4n) is 1.92. The highest BCUT2D eigenvalue weighted by Crippen LogP contribution is 2.17. The van der Waals surface area contributed by atoms with E-state index in [4.69, 9.17) is 0 Å². The number of benzene rings is 1. The van der Waals surface area contributed by atoms with Crippen LogP contribution in [0.5, 0.6) is 0 Å². The van der Waals surface area contributed by atoms with Crippen LogP contribution in [-0.2, 0) is 0 Å². The van der Waals surface area contributed by atoms with Crippen molar-refractivity contribution in [3.63, 3.8) is 0 Å². The van der Waals surface area contributed by atoms with Gasteiger partial charge in [0, 0.05) is 12.7 Å². The third-order valence-electron chi connectivity index (χ3n) is 2.89.